The topological polar surface area (TPSA) is 123 Å². The molecule has 234 valence electrons. The molecule has 10 nitrogen and oxygen atoms in total. The SMILES string of the molecule is CN(C)c1nc(C[C@H](Cc2ccc(OCC(=O)O)cc2)NC(=O)c2ccc3c(c2)nc(-c2ccoc2)n3C2CCCCC2)cs1. The van der Waals surface area contributed by atoms with Gasteiger partial charge < -0.3 is 29.0 Å². The molecule has 1 fully saturated rings. The van der Waals surface area contributed by atoms with Crippen LogP contribution < -0.4 is 15.0 Å². The number of ether oxygens (including phenoxy) is 1. The highest BCUT2D eigenvalue weighted by molar-refractivity contribution is 7.13. The molecular weight excluding hydrogens is 590 g/mol. The molecule has 0 aliphatic heterocycles. The summed E-state index contributed by atoms with van der Waals surface area (Å²) in [5.74, 6) is 0.145. The fourth-order valence-electron chi connectivity index (χ4n) is 5.99. The van der Waals surface area contributed by atoms with Crippen molar-refractivity contribution in [3.8, 4) is 17.1 Å². The fourth-order valence-corrected chi connectivity index (χ4v) is 6.76. The molecule has 11 heteroatoms. The van der Waals surface area contributed by atoms with Gasteiger partial charge in [0.1, 0.15) is 17.8 Å². The summed E-state index contributed by atoms with van der Waals surface area (Å²) in [6.07, 6.45) is 10.4. The number of amides is 1. The van der Waals surface area contributed by atoms with E-state index in [0.29, 0.717) is 30.2 Å². The molecule has 0 unspecified atom stereocenters. The second kappa shape index (κ2) is 13.6. The molecule has 1 saturated carbocycles. The predicted octanol–water partition coefficient (Wildman–Crippen LogP) is 6.37. The van der Waals surface area contributed by atoms with Crippen LogP contribution in [-0.2, 0) is 17.6 Å². The van der Waals surface area contributed by atoms with Crippen LogP contribution in [0.4, 0.5) is 5.13 Å². The molecule has 5 aromatic rings. The van der Waals surface area contributed by atoms with Gasteiger partial charge in [-0.3, -0.25) is 4.79 Å². The Morgan fingerprint density at radius 3 is 2.58 bits per heavy atom. The maximum absolute atomic E-state index is 13.8. The van der Waals surface area contributed by atoms with Crippen molar-refractivity contribution in [2.24, 2.45) is 0 Å². The molecule has 1 aliphatic carbocycles. The quantitative estimate of drug-likeness (QED) is 0.164. The summed E-state index contributed by atoms with van der Waals surface area (Å²) in [5, 5.41) is 15.1. The van der Waals surface area contributed by atoms with Crippen LogP contribution in [0.3, 0.4) is 0 Å². The van der Waals surface area contributed by atoms with E-state index in [4.69, 9.17) is 24.2 Å². The van der Waals surface area contributed by atoms with Gasteiger partial charge in [-0.05, 0) is 61.2 Å². The fraction of sp³-hybridized carbons (Fsp3) is 0.353. The Morgan fingerprint density at radius 2 is 1.89 bits per heavy atom. The van der Waals surface area contributed by atoms with Crippen LogP contribution >= 0.6 is 11.3 Å². The minimum absolute atomic E-state index is 0.177. The number of thiazole rings is 1. The van der Waals surface area contributed by atoms with E-state index in [1.807, 2.05) is 60.8 Å². The Balaban J connectivity index is 1.25. The summed E-state index contributed by atoms with van der Waals surface area (Å²) >= 11 is 1.57. The lowest BCUT2D eigenvalue weighted by Gasteiger charge is -2.25. The molecule has 3 aromatic heterocycles. The zero-order chi connectivity index (χ0) is 31.3. The highest BCUT2D eigenvalue weighted by Crippen LogP contribution is 2.36. The molecule has 1 atom stereocenters. The lowest BCUT2D eigenvalue weighted by molar-refractivity contribution is -0.139. The lowest BCUT2D eigenvalue weighted by Crippen LogP contribution is -2.38. The molecule has 6 rings (SSSR count). The van der Waals surface area contributed by atoms with Crippen LogP contribution in [-0.4, -0.2) is 58.3 Å². The number of carbonyl (C=O) groups excluding carboxylic acids is 1. The van der Waals surface area contributed by atoms with E-state index in [0.717, 1.165) is 51.7 Å². The first-order valence-corrected chi connectivity index (χ1v) is 16.1. The van der Waals surface area contributed by atoms with Crippen molar-refractivity contribution < 1.29 is 23.8 Å². The summed E-state index contributed by atoms with van der Waals surface area (Å²) in [7, 11) is 3.92. The zero-order valence-electron chi connectivity index (χ0n) is 25.4. The maximum Gasteiger partial charge on any atom is 0.341 e. The number of nitrogens with zero attached hydrogens (tertiary/aromatic N) is 4. The predicted molar refractivity (Wildman–Crippen MR) is 174 cm³/mol. The van der Waals surface area contributed by atoms with Crippen LogP contribution in [0.25, 0.3) is 22.4 Å². The molecule has 0 radical (unpaired) electrons. The number of hydrogen-bond acceptors (Lipinski definition) is 8. The Hall–Kier alpha value is -4.64. The number of aromatic nitrogens is 3. The number of fused-ring (bicyclic) bond motifs is 1. The van der Waals surface area contributed by atoms with Crippen LogP contribution in [0, 0.1) is 0 Å². The first-order chi connectivity index (χ1) is 21.8. The average Bonchev–Trinajstić information content (AvgIpc) is 3.81. The van der Waals surface area contributed by atoms with Gasteiger partial charge in [0.2, 0.25) is 0 Å². The second-order valence-electron chi connectivity index (χ2n) is 11.7. The normalized spacial score (nSPS) is 14.4. The number of hydrogen-bond donors (Lipinski definition) is 2. The van der Waals surface area contributed by atoms with Gasteiger partial charge in [-0.1, -0.05) is 31.4 Å². The van der Waals surface area contributed by atoms with Gasteiger partial charge in [0.15, 0.2) is 11.7 Å². The smallest absolute Gasteiger partial charge is 0.341 e. The Bertz CT molecular complexity index is 1750. The number of furan rings is 1. The Kier molecular flexibility index (Phi) is 9.16. The van der Waals surface area contributed by atoms with Gasteiger partial charge in [0.25, 0.3) is 5.91 Å². The number of carboxylic acid groups (broad SMARTS) is 1. The van der Waals surface area contributed by atoms with Crippen LogP contribution in [0.1, 0.15) is 59.8 Å². The van der Waals surface area contributed by atoms with E-state index in [-0.39, 0.29) is 11.9 Å². The molecule has 0 saturated heterocycles. The number of anilines is 1. The third kappa shape index (κ3) is 7.20. The van der Waals surface area contributed by atoms with Gasteiger partial charge in [0, 0.05) is 43.5 Å². The third-order valence-electron chi connectivity index (χ3n) is 8.15. The van der Waals surface area contributed by atoms with E-state index in [1.54, 1.807) is 36.0 Å². The minimum Gasteiger partial charge on any atom is -0.482 e. The molecule has 0 bridgehead atoms. The van der Waals surface area contributed by atoms with Crippen molar-refractivity contribution in [1.29, 1.82) is 0 Å². The first kappa shape index (κ1) is 30.4. The number of aliphatic carboxylic acids is 1. The molecule has 1 aliphatic rings. The number of benzene rings is 2. The van der Waals surface area contributed by atoms with Crippen LogP contribution in [0.2, 0.25) is 0 Å². The van der Waals surface area contributed by atoms with Gasteiger partial charge in [0.05, 0.1) is 28.6 Å². The van der Waals surface area contributed by atoms with Crippen LogP contribution in [0.15, 0.2) is 70.9 Å². The van der Waals surface area contributed by atoms with Crippen LogP contribution in [0.5, 0.6) is 5.75 Å². The van der Waals surface area contributed by atoms with Crippen molar-refractivity contribution in [2.75, 3.05) is 25.6 Å². The highest BCUT2D eigenvalue weighted by Gasteiger charge is 2.24. The summed E-state index contributed by atoms with van der Waals surface area (Å²) in [6, 6.07) is 15.1. The summed E-state index contributed by atoms with van der Waals surface area (Å²) in [6.45, 7) is -0.400. The van der Waals surface area contributed by atoms with E-state index >= 15 is 0 Å². The van der Waals surface area contributed by atoms with Gasteiger partial charge >= 0.3 is 5.97 Å². The minimum atomic E-state index is -1.03. The van der Waals surface area contributed by atoms with Crippen molar-refractivity contribution in [1.82, 2.24) is 19.9 Å². The standard InChI is InChI=1S/C34H37N5O5S/c1-38(2)34-36-26(21-45-34)18-25(16-22-8-11-28(12-9-22)44-20-31(40)41)35-33(42)23-10-13-30-29(17-23)37-32(24-14-15-43-19-24)39(30)27-6-4-3-5-7-27/h8-15,17,19,21,25,27H,3-7,16,18,20H2,1-2H3,(H,35,42)(H,40,41)/t25-/m0/s1. The molecule has 3 heterocycles. The number of nitrogens with one attached hydrogen (secondary N) is 1. The van der Waals surface area contributed by atoms with Gasteiger partial charge in [-0.25, -0.2) is 14.8 Å². The van der Waals surface area contributed by atoms with E-state index < -0.39 is 12.6 Å². The second-order valence-corrected chi connectivity index (χ2v) is 12.6. The first-order valence-electron chi connectivity index (χ1n) is 15.2. The van der Waals surface area contributed by atoms with Crippen molar-refractivity contribution in [2.45, 2.75) is 57.0 Å². The van der Waals surface area contributed by atoms with E-state index in [2.05, 4.69) is 9.88 Å². The largest absolute Gasteiger partial charge is 0.482 e. The maximum atomic E-state index is 13.8. The molecule has 2 N–H and O–H groups in total. The number of imidazole rings is 1. The molecule has 1 amide bonds. The zero-order valence-corrected chi connectivity index (χ0v) is 26.3. The van der Waals surface area contributed by atoms with E-state index in [1.165, 1.54) is 19.3 Å². The number of rotatable bonds is 12. The van der Waals surface area contributed by atoms with Gasteiger partial charge in [-0.15, -0.1) is 11.3 Å². The highest BCUT2D eigenvalue weighted by atomic mass is 32.1. The monoisotopic (exact) mass is 627 g/mol. The lowest BCUT2D eigenvalue weighted by atomic mass is 9.95. The summed E-state index contributed by atoms with van der Waals surface area (Å²) in [4.78, 5) is 36.3. The summed E-state index contributed by atoms with van der Waals surface area (Å²) < 4.78 is 13.0. The molecule has 45 heavy (non-hydrogen) atoms. The summed E-state index contributed by atoms with van der Waals surface area (Å²) in [5.41, 5.74) is 5.18. The Labute approximate surface area is 265 Å². The van der Waals surface area contributed by atoms with Gasteiger partial charge in [-0.2, -0.15) is 0 Å². The van der Waals surface area contributed by atoms with Crippen molar-refractivity contribution in [3.05, 3.63) is 83.3 Å². The molecule has 2 aromatic carbocycles. The average molecular weight is 628 g/mol. The Morgan fingerprint density at radius 1 is 1.09 bits per heavy atom. The van der Waals surface area contributed by atoms with Crippen molar-refractivity contribution >= 4 is 39.4 Å². The number of carboxylic acids is 1. The third-order valence-corrected chi connectivity index (χ3v) is 9.21. The number of carbonyl (C=O) groups is 2. The molecular formula is C34H37N5O5S. The van der Waals surface area contributed by atoms with Crippen molar-refractivity contribution in [3.63, 3.8) is 0 Å². The van der Waals surface area contributed by atoms with E-state index in [9.17, 15) is 9.59 Å². The molecule has 0 spiro atoms.